The first kappa shape index (κ1) is 15.2. The number of ether oxygens (including phenoxy) is 1. The third-order valence-corrected chi connectivity index (χ3v) is 4.35. The molecule has 3 heteroatoms. The number of hydrogen-bond acceptors (Lipinski definition) is 3. The fourth-order valence-corrected chi connectivity index (χ4v) is 3.03. The summed E-state index contributed by atoms with van der Waals surface area (Å²) in [7, 11) is 1.77. The summed E-state index contributed by atoms with van der Waals surface area (Å²) < 4.78 is 5.23. The van der Waals surface area contributed by atoms with Crippen molar-refractivity contribution in [1.82, 2.24) is 4.90 Å². The summed E-state index contributed by atoms with van der Waals surface area (Å²) >= 11 is 0. The predicted molar refractivity (Wildman–Crippen MR) is 80.9 cm³/mol. The van der Waals surface area contributed by atoms with Gasteiger partial charge in [-0.2, -0.15) is 0 Å². The lowest BCUT2D eigenvalue weighted by Gasteiger charge is -2.36. The molecule has 1 aliphatic rings. The van der Waals surface area contributed by atoms with Crippen molar-refractivity contribution >= 4 is 6.29 Å². The van der Waals surface area contributed by atoms with Crippen LogP contribution in [-0.2, 0) is 14.9 Å². The maximum Gasteiger partial charge on any atom is 0.131 e. The first-order chi connectivity index (χ1) is 9.68. The van der Waals surface area contributed by atoms with Crippen molar-refractivity contribution in [2.75, 3.05) is 33.4 Å². The van der Waals surface area contributed by atoms with Crippen molar-refractivity contribution in [1.29, 1.82) is 0 Å². The number of nitrogens with zero attached hydrogens (tertiary/aromatic N) is 1. The van der Waals surface area contributed by atoms with Crippen LogP contribution in [0.2, 0.25) is 0 Å². The molecule has 2 rings (SSSR count). The maximum atomic E-state index is 11.6. The second kappa shape index (κ2) is 7.00. The van der Waals surface area contributed by atoms with E-state index in [1.807, 2.05) is 37.3 Å². The van der Waals surface area contributed by atoms with Crippen LogP contribution in [0.15, 0.2) is 30.3 Å². The molecule has 1 heterocycles. The van der Waals surface area contributed by atoms with Gasteiger partial charge in [0.05, 0.1) is 5.41 Å². The van der Waals surface area contributed by atoms with Crippen LogP contribution in [0.1, 0.15) is 25.3 Å². The zero-order valence-corrected chi connectivity index (χ0v) is 12.5. The Balaban J connectivity index is 1.96. The predicted octanol–water partition coefficient (Wildman–Crippen LogP) is 2.50. The van der Waals surface area contributed by atoms with Crippen LogP contribution >= 0.6 is 0 Å². The fourth-order valence-electron chi connectivity index (χ4n) is 3.03. The highest BCUT2D eigenvalue weighted by atomic mass is 16.5. The molecule has 0 bridgehead atoms. The van der Waals surface area contributed by atoms with Gasteiger partial charge in [0, 0.05) is 20.3 Å². The molecular formula is C17H25NO2. The van der Waals surface area contributed by atoms with Gasteiger partial charge in [-0.05, 0) is 44.3 Å². The number of aldehydes is 1. The number of carbonyl (C=O) groups is 1. The number of hydrogen-bond donors (Lipinski definition) is 0. The zero-order valence-electron chi connectivity index (χ0n) is 12.5. The Kier molecular flexibility index (Phi) is 5.32. The highest BCUT2D eigenvalue weighted by molar-refractivity contribution is 5.68. The van der Waals surface area contributed by atoms with Crippen molar-refractivity contribution in [3.63, 3.8) is 0 Å². The normalized spacial score (nSPS) is 20.5. The third-order valence-electron chi connectivity index (χ3n) is 4.35. The molecule has 0 saturated carbocycles. The molecule has 0 aromatic heterocycles. The molecular weight excluding hydrogens is 250 g/mol. The molecule has 0 N–H and O–H groups in total. The minimum Gasteiger partial charge on any atom is -0.384 e. The average molecular weight is 275 g/mol. The van der Waals surface area contributed by atoms with Crippen molar-refractivity contribution in [3.8, 4) is 0 Å². The van der Waals surface area contributed by atoms with E-state index in [1.165, 1.54) is 0 Å². The Bertz CT molecular complexity index is 412. The molecule has 3 nitrogen and oxygen atoms in total. The number of methoxy groups -OCH3 is 1. The molecule has 110 valence electrons. The van der Waals surface area contributed by atoms with Gasteiger partial charge >= 0.3 is 0 Å². The largest absolute Gasteiger partial charge is 0.384 e. The summed E-state index contributed by atoms with van der Waals surface area (Å²) in [5.41, 5.74) is 0.698. The van der Waals surface area contributed by atoms with Gasteiger partial charge in [-0.3, -0.25) is 0 Å². The maximum absolute atomic E-state index is 11.6. The van der Waals surface area contributed by atoms with Crippen LogP contribution in [0.25, 0.3) is 0 Å². The van der Waals surface area contributed by atoms with E-state index in [1.54, 1.807) is 7.11 Å². The average Bonchev–Trinajstić information content (AvgIpc) is 2.50. The van der Waals surface area contributed by atoms with Gasteiger partial charge in [-0.15, -0.1) is 0 Å². The third kappa shape index (κ3) is 3.68. The minimum atomic E-state index is -0.407. The highest BCUT2D eigenvalue weighted by Gasteiger charge is 2.30. The second-order valence-electron chi connectivity index (χ2n) is 6.08. The molecule has 20 heavy (non-hydrogen) atoms. The number of likely N-dealkylation sites (tertiary alicyclic amines) is 1. The van der Waals surface area contributed by atoms with E-state index >= 15 is 0 Å². The molecule has 1 aromatic carbocycles. The first-order valence-corrected chi connectivity index (χ1v) is 7.41. The molecule has 1 atom stereocenters. The number of piperidine rings is 1. The smallest absolute Gasteiger partial charge is 0.131 e. The highest BCUT2D eigenvalue weighted by Crippen LogP contribution is 2.25. The number of carbonyl (C=O) groups excluding carboxylic acids is 1. The summed E-state index contributed by atoms with van der Waals surface area (Å²) in [6, 6.07) is 10.1. The van der Waals surface area contributed by atoms with E-state index in [-0.39, 0.29) is 0 Å². The van der Waals surface area contributed by atoms with E-state index in [9.17, 15) is 4.79 Å². The van der Waals surface area contributed by atoms with Crippen LogP contribution in [0.4, 0.5) is 0 Å². The quantitative estimate of drug-likeness (QED) is 0.747. The summed E-state index contributed by atoms with van der Waals surface area (Å²) in [6.07, 6.45) is 3.43. The lowest BCUT2D eigenvalue weighted by Crippen LogP contribution is -2.44. The first-order valence-electron chi connectivity index (χ1n) is 7.41. The molecule has 0 radical (unpaired) electrons. The Morgan fingerprint density at radius 1 is 1.30 bits per heavy atom. The van der Waals surface area contributed by atoms with Gasteiger partial charge in [0.2, 0.25) is 0 Å². The minimum absolute atomic E-state index is 0.407. The van der Waals surface area contributed by atoms with E-state index in [2.05, 4.69) is 4.90 Å². The van der Waals surface area contributed by atoms with E-state index < -0.39 is 5.41 Å². The number of rotatable bonds is 6. The zero-order chi connectivity index (χ0) is 14.4. The fraction of sp³-hybridized carbons (Fsp3) is 0.588. The van der Waals surface area contributed by atoms with Gasteiger partial charge in [-0.25, -0.2) is 0 Å². The Labute approximate surface area is 121 Å². The van der Waals surface area contributed by atoms with Crippen molar-refractivity contribution in [2.24, 2.45) is 5.92 Å². The van der Waals surface area contributed by atoms with Crippen LogP contribution < -0.4 is 0 Å². The molecule has 0 aliphatic carbocycles. The van der Waals surface area contributed by atoms with Crippen LogP contribution in [-0.4, -0.2) is 44.5 Å². The summed E-state index contributed by atoms with van der Waals surface area (Å²) in [6.45, 7) is 5.82. The van der Waals surface area contributed by atoms with Gasteiger partial charge < -0.3 is 14.4 Å². The topological polar surface area (TPSA) is 29.5 Å². The Hall–Kier alpha value is -1.19. The monoisotopic (exact) mass is 275 g/mol. The molecule has 1 aliphatic heterocycles. The second-order valence-corrected chi connectivity index (χ2v) is 6.08. The number of benzene rings is 1. The van der Waals surface area contributed by atoms with Crippen molar-refractivity contribution in [3.05, 3.63) is 35.9 Å². The van der Waals surface area contributed by atoms with Gasteiger partial charge in [-0.1, -0.05) is 30.3 Å². The van der Waals surface area contributed by atoms with E-state index in [0.29, 0.717) is 5.92 Å². The Morgan fingerprint density at radius 3 is 2.50 bits per heavy atom. The SMILES string of the molecule is COCC1CCN(CC(C)(C=O)c2ccccc2)CC1. The van der Waals surface area contributed by atoms with Crippen LogP contribution in [0, 0.1) is 5.92 Å². The van der Waals surface area contributed by atoms with E-state index in [0.717, 1.165) is 50.9 Å². The lowest BCUT2D eigenvalue weighted by atomic mass is 9.82. The van der Waals surface area contributed by atoms with E-state index in [4.69, 9.17) is 4.74 Å². The molecule has 1 fully saturated rings. The summed E-state index contributed by atoms with van der Waals surface area (Å²) in [4.78, 5) is 14.0. The van der Waals surface area contributed by atoms with Gasteiger partial charge in [0.1, 0.15) is 6.29 Å². The standard InChI is InChI=1S/C17H25NO2/c1-17(14-19,16-6-4-3-5-7-16)13-18-10-8-15(9-11-18)12-20-2/h3-7,14-15H,8-13H2,1-2H3. The molecule has 1 unspecified atom stereocenters. The van der Waals surface area contributed by atoms with Crippen molar-refractivity contribution in [2.45, 2.75) is 25.2 Å². The van der Waals surface area contributed by atoms with Crippen LogP contribution in [0.3, 0.4) is 0 Å². The molecule has 0 spiro atoms. The van der Waals surface area contributed by atoms with Gasteiger partial charge in [0.25, 0.3) is 0 Å². The molecule has 1 aromatic rings. The van der Waals surface area contributed by atoms with Crippen molar-refractivity contribution < 1.29 is 9.53 Å². The van der Waals surface area contributed by atoms with Crippen LogP contribution in [0.5, 0.6) is 0 Å². The van der Waals surface area contributed by atoms with Gasteiger partial charge in [0.15, 0.2) is 0 Å². The lowest BCUT2D eigenvalue weighted by molar-refractivity contribution is -0.113. The molecule has 0 amide bonds. The molecule has 1 saturated heterocycles. The Morgan fingerprint density at radius 2 is 1.95 bits per heavy atom. The summed E-state index contributed by atoms with van der Waals surface area (Å²) in [5, 5.41) is 0. The summed E-state index contributed by atoms with van der Waals surface area (Å²) in [5.74, 6) is 0.676.